The number of anilines is 1. The third kappa shape index (κ3) is 4.96. The maximum absolute atomic E-state index is 12.1. The highest BCUT2D eigenvalue weighted by Gasteiger charge is 2.17. The van der Waals surface area contributed by atoms with Crippen LogP contribution >= 0.6 is 15.9 Å². The molecular formula is C16H16BrN3O2. The van der Waals surface area contributed by atoms with Crippen LogP contribution in [0.15, 0.2) is 53.1 Å². The molecule has 0 saturated heterocycles. The summed E-state index contributed by atoms with van der Waals surface area (Å²) in [5, 5.41) is 5.51. The summed E-state index contributed by atoms with van der Waals surface area (Å²) >= 11 is 3.29. The van der Waals surface area contributed by atoms with Gasteiger partial charge in [-0.25, -0.2) is 4.98 Å². The predicted molar refractivity (Wildman–Crippen MR) is 88.2 cm³/mol. The van der Waals surface area contributed by atoms with E-state index in [1.54, 1.807) is 18.3 Å². The number of rotatable bonds is 5. The van der Waals surface area contributed by atoms with E-state index in [1.165, 1.54) is 6.92 Å². The lowest BCUT2D eigenvalue weighted by molar-refractivity contribution is -0.120. The summed E-state index contributed by atoms with van der Waals surface area (Å²) in [6.45, 7) is 1.43. The van der Waals surface area contributed by atoms with Crippen LogP contribution in [0, 0.1) is 0 Å². The first kappa shape index (κ1) is 16.2. The molecule has 1 aromatic carbocycles. The van der Waals surface area contributed by atoms with Crippen LogP contribution in [-0.4, -0.2) is 16.8 Å². The normalized spacial score (nSPS) is 11.5. The van der Waals surface area contributed by atoms with Gasteiger partial charge in [0.05, 0.1) is 12.5 Å². The molecule has 1 atom stereocenters. The first-order chi connectivity index (χ1) is 10.5. The summed E-state index contributed by atoms with van der Waals surface area (Å²) in [4.78, 5) is 27.6. The van der Waals surface area contributed by atoms with E-state index in [2.05, 4.69) is 31.5 Å². The predicted octanol–water partition coefficient (Wildman–Crippen LogP) is 3.05. The molecule has 0 fully saturated rings. The van der Waals surface area contributed by atoms with E-state index < -0.39 is 0 Å². The van der Waals surface area contributed by atoms with Crippen LogP contribution in [-0.2, 0) is 9.59 Å². The molecule has 1 unspecified atom stereocenters. The third-order valence-corrected chi connectivity index (χ3v) is 3.43. The quantitative estimate of drug-likeness (QED) is 0.859. The van der Waals surface area contributed by atoms with Crippen LogP contribution in [0.25, 0.3) is 0 Å². The topological polar surface area (TPSA) is 71.1 Å². The number of amides is 2. The molecule has 2 amide bonds. The molecule has 2 rings (SSSR count). The van der Waals surface area contributed by atoms with Gasteiger partial charge in [0.2, 0.25) is 11.8 Å². The van der Waals surface area contributed by atoms with Crippen molar-refractivity contribution in [3.63, 3.8) is 0 Å². The Morgan fingerprint density at radius 1 is 1.18 bits per heavy atom. The fraction of sp³-hybridized carbons (Fsp3) is 0.188. The van der Waals surface area contributed by atoms with Crippen LogP contribution in [0.4, 0.5) is 5.82 Å². The minimum Gasteiger partial charge on any atom is -0.349 e. The van der Waals surface area contributed by atoms with Gasteiger partial charge in [0, 0.05) is 17.6 Å². The van der Waals surface area contributed by atoms with Gasteiger partial charge in [-0.1, -0.05) is 30.3 Å². The van der Waals surface area contributed by atoms with Gasteiger partial charge in [-0.05, 0) is 33.6 Å². The Balaban J connectivity index is 2.04. The number of benzene rings is 1. The molecule has 22 heavy (non-hydrogen) atoms. The molecule has 2 aromatic rings. The fourth-order valence-electron chi connectivity index (χ4n) is 2.01. The molecule has 2 N–H and O–H groups in total. The zero-order valence-corrected chi connectivity index (χ0v) is 13.6. The van der Waals surface area contributed by atoms with Crippen molar-refractivity contribution >= 4 is 33.6 Å². The highest BCUT2D eigenvalue weighted by molar-refractivity contribution is 9.10. The number of hydrogen-bond donors (Lipinski definition) is 2. The third-order valence-electron chi connectivity index (χ3n) is 2.96. The van der Waals surface area contributed by atoms with Crippen LogP contribution < -0.4 is 10.6 Å². The SMILES string of the molecule is CC(=O)NC(CC(=O)Nc1ccc(Br)cn1)c1ccccc1. The Morgan fingerprint density at radius 3 is 2.50 bits per heavy atom. The molecule has 0 spiro atoms. The van der Waals surface area contributed by atoms with E-state index in [1.807, 2.05) is 30.3 Å². The second-order valence-electron chi connectivity index (χ2n) is 4.78. The van der Waals surface area contributed by atoms with Crippen molar-refractivity contribution < 1.29 is 9.59 Å². The lowest BCUT2D eigenvalue weighted by atomic mass is 10.0. The molecule has 1 heterocycles. The highest BCUT2D eigenvalue weighted by atomic mass is 79.9. The summed E-state index contributed by atoms with van der Waals surface area (Å²) < 4.78 is 0.839. The Kier molecular flexibility index (Phi) is 5.66. The largest absolute Gasteiger partial charge is 0.349 e. The molecule has 6 heteroatoms. The van der Waals surface area contributed by atoms with Gasteiger partial charge in [0.25, 0.3) is 0 Å². The van der Waals surface area contributed by atoms with E-state index in [-0.39, 0.29) is 24.3 Å². The summed E-state index contributed by atoms with van der Waals surface area (Å²) in [6, 6.07) is 12.5. The van der Waals surface area contributed by atoms with Crippen molar-refractivity contribution in [1.82, 2.24) is 10.3 Å². The Bertz CT molecular complexity index is 644. The van der Waals surface area contributed by atoms with Crippen molar-refractivity contribution in [2.24, 2.45) is 0 Å². The monoisotopic (exact) mass is 361 g/mol. The number of nitrogens with zero attached hydrogens (tertiary/aromatic N) is 1. The number of carbonyl (C=O) groups excluding carboxylic acids is 2. The Morgan fingerprint density at radius 2 is 1.91 bits per heavy atom. The van der Waals surface area contributed by atoms with E-state index in [0.717, 1.165) is 10.0 Å². The Labute approximate surface area is 137 Å². The van der Waals surface area contributed by atoms with Gasteiger partial charge in [-0.3, -0.25) is 9.59 Å². The Hall–Kier alpha value is -2.21. The van der Waals surface area contributed by atoms with Crippen LogP contribution in [0.3, 0.4) is 0 Å². The number of halogens is 1. The van der Waals surface area contributed by atoms with Gasteiger partial charge in [0.1, 0.15) is 5.82 Å². The second-order valence-corrected chi connectivity index (χ2v) is 5.69. The van der Waals surface area contributed by atoms with Gasteiger partial charge >= 0.3 is 0 Å². The minimum absolute atomic E-state index is 0.140. The van der Waals surface area contributed by atoms with E-state index >= 15 is 0 Å². The summed E-state index contributed by atoms with van der Waals surface area (Å²) in [7, 11) is 0. The molecule has 5 nitrogen and oxygen atoms in total. The fourth-order valence-corrected chi connectivity index (χ4v) is 2.25. The van der Waals surface area contributed by atoms with E-state index in [4.69, 9.17) is 0 Å². The van der Waals surface area contributed by atoms with Crippen LogP contribution in [0.2, 0.25) is 0 Å². The summed E-state index contributed by atoms with van der Waals surface area (Å²) in [6.07, 6.45) is 1.75. The molecule has 1 aromatic heterocycles. The maximum Gasteiger partial charge on any atom is 0.227 e. The molecule has 0 aliphatic heterocycles. The number of nitrogens with one attached hydrogen (secondary N) is 2. The average Bonchev–Trinajstić information content (AvgIpc) is 2.49. The minimum atomic E-state index is -0.367. The lowest BCUT2D eigenvalue weighted by Gasteiger charge is -2.18. The second kappa shape index (κ2) is 7.70. The molecule has 114 valence electrons. The zero-order chi connectivity index (χ0) is 15.9. The standard InChI is InChI=1S/C16H16BrN3O2/c1-11(21)19-14(12-5-3-2-4-6-12)9-16(22)20-15-8-7-13(17)10-18-15/h2-8,10,14H,9H2,1H3,(H,19,21)(H,18,20,22). The molecular weight excluding hydrogens is 346 g/mol. The van der Waals surface area contributed by atoms with Crippen molar-refractivity contribution in [3.8, 4) is 0 Å². The van der Waals surface area contributed by atoms with Crippen molar-refractivity contribution in [2.45, 2.75) is 19.4 Å². The number of pyridine rings is 1. The molecule has 0 aliphatic rings. The number of aromatic nitrogens is 1. The zero-order valence-electron chi connectivity index (χ0n) is 12.0. The van der Waals surface area contributed by atoms with E-state index in [0.29, 0.717) is 5.82 Å². The van der Waals surface area contributed by atoms with Gasteiger partial charge in [-0.15, -0.1) is 0 Å². The van der Waals surface area contributed by atoms with Crippen molar-refractivity contribution in [1.29, 1.82) is 0 Å². The van der Waals surface area contributed by atoms with Crippen molar-refractivity contribution in [2.75, 3.05) is 5.32 Å². The number of hydrogen-bond acceptors (Lipinski definition) is 3. The van der Waals surface area contributed by atoms with E-state index in [9.17, 15) is 9.59 Å². The smallest absolute Gasteiger partial charge is 0.227 e. The lowest BCUT2D eigenvalue weighted by Crippen LogP contribution is -2.29. The molecule has 0 saturated carbocycles. The van der Waals surface area contributed by atoms with Gasteiger partial charge < -0.3 is 10.6 Å². The highest BCUT2D eigenvalue weighted by Crippen LogP contribution is 2.18. The first-order valence-electron chi connectivity index (χ1n) is 6.78. The van der Waals surface area contributed by atoms with Gasteiger partial charge in [-0.2, -0.15) is 0 Å². The maximum atomic E-state index is 12.1. The van der Waals surface area contributed by atoms with Crippen LogP contribution in [0.1, 0.15) is 24.9 Å². The molecule has 0 bridgehead atoms. The molecule has 0 aliphatic carbocycles. The van der Waals surface area contributed by atoms with Crippen LogP contribution in [0.5, 0.6) is 0 Å². The average molecular weight is 362 g/mol. The molecule has 0 radical (unpaired) electrons. The summed E-state index contributed by atoms with van der Waals surface area (Å²) in [5.74, 6) is 0.0867. The van der Waals surface area contributed by atoms with Gasteiger partial charge in [0.15, 0.2) is 0 Å². The van der Waals surface area contributed by atoms with Crippen molar-refractivity contribution in [3.05, 3.63) is 58.7 Å². The summed E-state index contributed by atoms with van der Waals surface area (Å²) in [5.41, 5.74) is 0.886. The first-order valence-corrected chi connectivity index (χ1v) is 7.57. The number of carbonyl (C=O) groups is 2.